The average Bonchev–Trinajstić information content (AvgIpc) is 2.53. The molecule has 0 radical (unpaired) electrons. The highest BCUT2D eigenvalue weighted by atomic mass is 15.2. The van der Waals surface area contributed by atoms with Gasteiger partial charge < -0.3 is 10.3 Å². The summed E-state index contributed by atoms with van der Waals surface area (Å²) in [5.41, 5.74) is 6.30. The topological polar surface area (TPSA) is 69.6 Å². The Kier molecular flexibility index (Phi) is 1.70. The maximum absolute atomic E-state index is 5.38. The molecule has 0 saturated carbocycles. The maximum Gasteiger partial charge on any atom is 0.198 e. The van der Waals surface area contributed by atoms with E-state index in [4.69, 9.17) is 5.73 Å². The molecule has 0 unspecified atom stereocenters. The van der Waals surface area contributed by atoms with Gasteiger partial charge in [0.25, 0.3) is 0 Å². The zero-order chi connectivity index (χ0) is 9.26. The van der Waals surface area contributed by atoms with Gasteiger partial charge in [0.15, 0.2) is 11.6 Å². The Labute approximate surface area is 75.2 Å². The Morgan fingerprint density at radius 1 is 1.38 bits per heavy atom. The molecule has 2 rings (SSSR count). The lowest BCUT2D eigenvalue weighted by molar-refractivity contribution is 0.899. The van der Waals surface area contributed by atoms with Crippen molar-refractivity contribution in [1.82, 2.24) is 19.7 Å². The summed E-state index contributed by atoms with van der Waals surface area (Å²) in [4.78, 5) is 4.06. The van der Waals surface area contributed by atoms with Gasteiger partial charge in [-0.25, -0.2) is 4.98 Å². The molecule has 5 nitrogen and oxygen atoms in total. The molecule has 0 fully saturated rings. The molecule has 0 spiro atoms. The number of nitrogen functional groups attached to an aromatic ring is 1. The van der Waals surface area contributed by atoms with Crippen LogP contribution in [0.2, 0.25) is 0 Å². The van der Waals surface area contributed by atoms with Crippen LogP contribution in [-0.4, -0.2) is 19.7 Å². The molecule has 2 aromatic rings. The maximum atomic E-state index is 5.38. The van der Waals surface area contributed by atoms with E-state index in [9.17, 15) is 0 Å². The largest absolute Gasteiger partial charge is 0.381 e. The van der Waals surface area contributed by atoms with Crippen molar-refractivity contribution in [2.24, 2.45) is 7.05 Å². The van der Waals surface area contributed by atoms with Crippen molar-refractivity contribution in [2.45, 2.75) is 0 Å². The summed E-state index contributed by atoms with van der Waals surface area (Å²) in [6.45, 7) is 0. The van der Waals surface area contributed by atoms with E-state index in [0.29, 0.717) is 11.6 Å². The number of hydrogen-bond donors (Lipinski definition) is 1. The highest BCUT2D eigenvalue weighted by Gasteiger charge is 2.03. The Morgan fingerprint density at radius 3 is 2.77 bits per heavy atom. The van der Waals surface area contributed by atoms with E-state index < -0.39 is 0 Å². The van der Waals surface area contributed by atoms with E-state index >= 15 is 0 Å². The smallest absolute Gasteiger partial charge is 0.198 e. The van der Waals surface area contributed by atoms with Gasteiger partial charge in [0.05, 0.1) is 11.9 Å². The molecule has 0 aliphatic rings. The molecule has 2 N–H and O–H groups in total. The third-order valence-electron chi connectivity index (χ3n) is 1.75. The number of nitrogens with two attached hydrogens (primary N) is 1. The minimum Gasteiger partial charge on any atom is -0.381 e. The monoisotopic (exact) mass is 175 g/mol. The lowest BCUT2D eigenvalue weighted by Gasteiger charge is -1.99. The number of rotatable bonds is 1. The minimum atomic E-state index is 0.331. The number of aromatic nitrogens is 4. The van der Waals surface area contributed by atoms with Gasteiger partial charge in [-0.3, -0.25) is 0 Å². The van der Waals surface area contributed by atoms with Crippen LogP contribution in [0.4, 0.5) is 5.82 Å². The number of nitrogens with zero attached hydrogens (tertiary/aromatic N) is 4. The molecule has 0 aromatic carbocycles. The molecule has 0 saturated heterocycles. The summed E-state index contributed by atoms with van der Waals surface area (Å²) in [5, 5.41) is 7.60. The third-order valence-corrected chi connectivity index (χ3v) is 1.75. The van der Waals surface area contributed by atoms with Crippen LogP contribution in [-0.2, 0) is 7.05 Å². The van der Waals surface area contributed by atoms with E-state index in [1.165, 1.54) is 6.20 Å². The Morgan fingerprint density at radius 2 is 2.23 bits per heavy atom. The van der Waals surface area contributed by atoms with Crippen LogP contribution >= 0.6 is 0 Å². The fraction of sp³-hybridized carbons (Fsp3) is 0.125. The first kappa shape index (κ1) is 7.72. The van der Waals surface area contributed by atoms with Crippen LogP contribution in [0, 0.1) is 0 Å². The Bertz CT molecular complexity index is 403. The molecule has 2 heterocycles. The molecule has 0 amide bonds. The standard InChI is InChI=1S/C8H9N5/c1-13-4-2-3-6(13)8-10-5-7(9)11-12-8/h2-5H,1H3,(H2,9,11). The van der Waals surface area contributed by atoms with E-state index in [0.717, 1.165) is 5.69 Å². The van der Waals surface area contributed by atoms with Gasteiger partial charge in [-0.05, 0) is 12.1 Å². The van der Waals surface area contributed by atoms with Crippen molar-refractivity contribution < 1.29 is 0 Å². The van der Waals surface area contributed by atoms with Crippen molar-refractivity contribution in [2.75, 3.05) is 5.73 Å². The van der Waals surface area contributed by atoms with Gasteiger partial charge in [-0.2, -0.15) is 0 Å². The zero-order valence-corrected chi connectivity index (χ0v) is 7.18. The van der Waals surface area contributed by atoms with Gasteiger partial charge >= 0.3 is 0 Å². The van der Waals surface area contributed by atoms with Gasteiger partial charge in [-0.15, -0.1) is 10.2 Å². The molecule has 0 atom stereocenters. The van der Waals surface area contributed by atoms with E-state index in [1.807, 2.05) is 29.9 Å². The zero-order valence-electron chi connectivity index (χ0n) is 7.18. The predicted molar refractivity (Wildman–Crippen MR) is 48.6 cm³/mol. The van der Waals surface area contributed by atoms with Crippen LogP contribution in [0.1, 0.15) is 0 Å². The molecule has 0 aliphatic carbocycles. The summed E-state index contributed by atoms with van der Waals surface area (Å²) in [7, 11) is 1.93. The van der Waals surface area contributed by atoms with Gasteiger partial charge in [-0.1, -0.05) is 0 Å². The van der Waals surface area contributed by atoms with Gasteiger partial charge in [0.2, 0.25) is 0 Å². The van der Waals surface area contributed by atoms with E-state index in [2.05, 4.69) is 15.2 Å². The summed E-state index contributed by atoms with van der Waals surface area (Å²) >= 11 is 0. The lowest BCUT2D eigenvalue weighted by atomic mass is 10.4. The highest BCUT2D eigenvalue weighted by molar-refractivity contribution is 5.49. The SMILES string of the molecule is Cn1cccc1-c1ncc(N)nn1. The van der Waals surface area contributed by atoms with Gasteiger partial charge in [0.1, 0.15) is 0 Å². The van der Waals surface area contributed by atoms with E-state index in [1.54, 1.807) is 0 Å². The fourth-order valence-electron chi connectivity index (χ4n) is 1.09. The quantitative estimate of drug-likeness (QED) is 0.683. The molecule has 13 heavy (non-hydrogen) atoms. The first-order valence-corrected chi connectivity index (χ1v) is 3.84. The number of hydrogen-bond acceptors (Lipinski definition) is 4. The molecular weight excluding hydrogens is 166 g/mol. The van der Waals surface area contributed by atoms with Crippen LogP contribution in [0.15, 0.2) is 24.5 Å². The van der Waals surface area contributed by atoms with Gasteiger partial charge in [0, 0.05) is 13.2 Å². The molecule has 0 bridgehead atoms. The molecule has 66 valence electrons. The minimum absolute atomic E-state index is 0.331. The van der Waals surface area contributed by atoms with Crippen molar-refractivity contribution in [1.29, 1.82) is 0 Å². The summed E-state index contributed by atoms with van der Waals surface area (Å²) < 4.78 is 1.92. The first-order valence-electron chi connectivity index (χ1n) is 3.84. The summed E-state index contributed by atoms with van der Waals surface area (Å²) in [6.07, 6.45) is 3.42. The third kappa shape index (κ3) is 1.35. The summed E-state index contributed by atoms with van der Waals surface area (Å²) in [5.74, 6) is 0.916. The number of aryl methyl sites for hydroxylation is 1. The van der Waals surface area contributed by atoms with Crippen LogP contribution in [0.25, 0.3) is 11.5 Å². The van der Waals surface area contributed by atoms with E-state index in [-0.39, 0.29) is 0 Å². The summed E-state index contributed by atoms with van der Waals surface area (Å²) in [6, 6.07) is 3.85. The molecule has 0 aliphatic heterocycles. The van der Waals surface area contributed by atoms with Crippen molar-refractivity contribution in [3.63, 3.8) is 0 Å². The second kappa shape index (κ2) is 2.85. The highest BCUT2D eigenvalue weighted by Crippen LogP contribution is 2.12. The first-order chi connectivity index (χ1) is 6.27. The van der Waals surface area contributed by atoms with Crippen LogP contribution in [0.5, 0.6) is 0 Å². The molecule has 2 aromatic heterocycles. The second-order valence-corrected chi connectivity index (χ2v) is 2.71. The van der Waals surface area contributed by atoms with Crippen LogP contribution in [0.3, 0.4) is 0 Å². The predicted octanol–water partition coefficient (Wildman–Crippen LogP) is 0.459. The Hall–Kier alpha value is -1.91. The normalized spacial score (nSPS) is 10.2. The number of anilines is 1. The average molecular weight is 175 g/mol. The van der Waals surface area contributed by atoms with Crippen molar-refractivity contribution in [3.8, 4) is 11.5 Å². The Balaban J connectivity index is 2.47. The van der Waals surface area contributed by atoms with Crippen molar-refractivity contribution >= 4 is 5.82 Å². The van der Waals surface area contributed by atoms with Crippen molar-refractivity contribution in [3.05, 3.63) is 24.5 Å². The molecule has 5 heteroatoms. The second-order valence-electron chi connectivity index (χ2n) is 2.71. The van der Waals surface area contributed by atoms with Crippen LogP contribution < -0.4 is 5.73 Å². The fourth-order valence-corrected chi connectivity index (χ4v) is 1.09. The molecular formula is C8H9N5. The lowest BCUT2D eigenvalue weighted by Crippen LogP contribution is -1.99.